The lowest BCUT2D eigenvalue weighted by Gasteiger charge is -2.30. The standard InChI is InChI=1S/C69H52N2/c1-41(2)57-37-63-50(46-26-33-65-61(36-46)62-39-59-53-21-13-11-19-51(53)52-20-12-14-22-54(52)60(59)40-67(62)71(65)47-17-7-6-8-18-47)30-31-55-58(42(3)4)38-64-66(34-32-56(57)69(64)68(55)63)70(48-27-23-43(5)24-28-48)49-29-25-44-15-9-10-16-45(44)35-49/h6-42H,1-5H3. The second-order valence-corrected chi connectivity index (χ2v) is 20.5. The van der Waals surface area contributed by atoms with Crippen molar-refractivity contribution < 1.29 is 0 Å². The van der Waals surface area contributed by atoms with E-state index in [0.717, 1.165) is 17.1 Å². The van der Waals surface area contributed by atoms with Gasteiger partial charge in [0, 0.05) is 33.2 Å². The molecule has 0 fully saturated rings. The van der Waals surface area contributed by atoms with Gasteiger partial charge in [-0.1, -0.05) is 167 Å². The fourth-order valence-electron chi connectivity index (χ4n) is 12.3. The molecule has 1 aromatic heterocycles. The molecule has 2 nitrogen and oxygen atoms in total. The van der Waals surface area contributed by atoms with Crippen LogP contribution in [0, 0.1) is 6.92 Å². The molecule has 0 aliphatic rings. The van der Waals surface area contributed by atoms with Gasteiger partial charge in [-0.2, -0.15) is 0 Å². The van der Waals surface area contributed by atoms with E-state index >= 15 is 0 Å². The van der Waals surface area contributed by atoms with Gasteiger partial charge in [0.2, 0.25) is 0 Å². The Hall–Kier alpha value is -8.46. The van der Waals surface area contributed by atoms with Crippen LogP contribution in [0.15, 0.2) is 212 Å². The molecule has 338 valence electrons. The number of nitrogens with zero attached hydrogens (tertiary/aromatic N) is 2. The minimum atomic E-state index is 0.307. The molecular weight excluding hydrogens is 857 g/mol. The van der Waals surface area contributed by atoms with Crippen LogP contribution in [0.4, 0.5) is 17.1 Å². The molecule has 13 aromatic carbocycles. The third kappa shape index (κ3) is 6.27. The van der Waals surface area contributed by atoms with E-state index in [1.807, 2.05) is 0 Å². The third-order valence-corrected chi connectivity index (χ3v) is 15.7. The van der Waals surface area contributed by atoms with Crippen LogP contribution < -0.4 is 4.90 Å². The first-order valence-corrected chi connectivity index (χ1v) is 25.3. The highest BCUT2D eigenvalue weighted by Gasteiger charge is 2.25. The van der Waals surface area contributed by atoms with Crippen LogP contribution >= 0.6 is 0 Å². The molecule has 0 aliphatic heterocycles. The summed E-state index contributed by atoms with van der Waals surface area (Å²) in [6.07, 6.45) is 0. The van der Waals surface area contributed by atoms with Gasteiger partial charge in [-0.25, -0.2) is 0 Å². The zero-order valence-corrected chi connectivity index (χ0v) is 40.8. The zero-order valence-electron chi connectivity index (χ0n) is 40.8. The van der Waals surface area contributed by atoms with Crippen molar-refractivity contribution >= 4 is 114 Å². The SMILES string of the molecule is Cc1ccc(N(c2ccc3ccccc3c2)c2ccc3c(C(C)C)cc4c(-c5ccc6c(c5)c5cc7c8ccccc8c8ccccc8c7cc5n6-c5ccccc5)ccc5c(C(C)C)cc2c3c45)cc1. The summed E-state index contributed by atoms with van der Waals surface area (Å²) in [5, 5.41) is 20.7. The van der Waals surface area contributed by atoms with Crippen molar-refractivity contribution in [2.75, 3.05) is 4.90 Å². The van der Waals surface area contributed by atoms with Gasteiger partial charge >= 0.3 is 0 Å². The van der Waals surface area contributed by atoms with Gasteiger partial charge < -0.3 is 9.47 Å². The molecule has 0 amide bonds. The Kier molecular flexibility index (Phi) is 9.23. The first-order valence-electron chi connectivity index (χ1n) is 25.3. The van der Waals surface area contributed by atoms with E-state index in [9.17, 15) is 0 Å². The average Bonchev–Trinajstić information content (AvgIpc) is 3.73. The van der Waals surface area contributed by atoms with Crippen molar-refractivity contribution in [3.63, 3.8) is 0 Å². The molecule has 0 saturated heterocycles. The largest absolute Gasteiger partial charge is 0.310 e. The van der Waals surface area contributed by atoms with Crippen LogP contribution in [0.5, 0.6) is 0 Å². The summed E-state index contributed by atoms with van der Waals surface area (Å²) in [5.41, 5.74) is 13.5. The van der Waals surface area contributed by atoms with Crippen molar-refractivity contribution in [1.82, 2.24) is 4.57 Å². The summed E-state index contributed by atoms with van der Waals surface area (Å²) in [6.45, 7) is 11.6. The molecule has 14 rings (SSSR count). The van der Waals surface area contributed by atoms with Gasteiger partial charge in [-0.3, -0.25) is 0 Å². The second-order valence-electron chi connectivity index (χ2n) is 20.5. The first-order chi connectivity index (χ1) is 34.8. The highest BCUT2D eigenvalue weighted by atomic mass is 15.1. The van der Waals surface area contributed by atoms with Crippen molar-refractivity contribution in [1.29, 1.82) is 0 Å². The number of benzene rings is 13. The lowest BCUT2D eigenvalue weighted by atomic mass is 9.81. The monoisotopic (exact) mass is 908 g/mol. The van der Waals surface area contributed by atoms with Crippen molar-refractivity contribution in [3.8, 4) is 16.8 Å². The number of fused-ring (bicyclic) bond motifs is 10. The van der Waals surface area contributed by atoms with Crippen LogP contribution in [-0.4, -0.2) is 4.57 Å². The lowest BCUT2D eigenvalue weighted by molar-refractivity contribution is 0.876. The first kappa shape index (κ1) is 41.5. The molecular formula is C69H52N2. The Bertz CT molecular complexity index is 4460. The molecule has 0 bridgehead atoms. The molecule has 14 aromatic rings. The summed E-state index contributed by atoms with van der Waals surface area (Å²) in [5.74, 6) is 0.617. The average molecular weight is 909 g/mol. The minimum Gasteiger partial charge on any atom is -0.310 e. The van der Waals surface area contributed by atoms with Gasteiger partial charge in [0.05, 0.1) is 16.7 Å². The number of anilines is 3. The normalized spacial score (nSPS) is 12.3. The van der Waals surface area contributed by atoms with Gasteiger partial charge in [-0.15, -0.1) is 0 Å². The van der Waals surface area contributed by atoms with Crippen LogP contribution in [0.1, 0.15) is 56.2 Å². The van der Waals surface area contributed by atoms with E-state index in [1.165, 1.54) is 131 Å². The third-order valence-electron chi connectivity index (χ3n) is 15.7. The van der Waals surface area contributed by atoms with E-state index in [0.29, 0.717) is 11.8 Å². The molecule has 0 radical (unpaired) electrons. The van der Waals surface area contributed by atoms with Gasteiger partial charge in [0.15, 0.2) is 0 Å². The van der Waals surface area contributed by atoms with Gasteiger partial charge in [0.1, 0.15) is 0 Å². The molecule has 0 aliphatic carbocycles. The Labute approximate surface area is 414 Å². The lowest BCUT2D eigenvalue weighted by Crippen LogP contribution is -2.11. The summed E-state index contributed by atoms with van der Waals surface area (Å²) in [6, 6.07) is 80.3. The topological polar surface area (TPSA) is 8.17 Å². The maximum atomic E-state index is 2.54. The van der Waals surface area contributed by atoms with Crippen molar-refractivity contribution in [2.45, 2.75) is 46.5 Å². The van der Waals surface area contributed by atoms with E-state index < -0.39 is 0 Å². The number of hydrogen-bond donors (Lipinski definition) is 0. The van der Waals surface area contributed by atoms with E-state index in [-0.39, 0.29) is 0 Å². The molecule has 0 unspecified atom stereocenters. The molecule has 0 spiro atoms. The summed E-state index contributed by atoms with van der Waals surface area (Å²) >= 11 is 0. The number of aryl methyl sites for hydroxylation is 1. The van der Waals surface area contributed by atoms with Crippen LogP contribution in [-0.2, 0) is 0 Å². The number of rotatable bonds is 7. The fourth-order valence-corrected chi connectivity index (χ4v) is 12.3. The Morgan fingerprint density at radius 2 is 0.915 bits per heavy atom. The predicted molar refractivity (Wildman–Crippen MR) is 308 cm³/mol. The second kappa shape index (κ2) is 15.8. The molecule has 0 saturated carbocycles. The van der Waals surface area contributed by atoms with Crippen LogP contribution in [0.2, 0.25) is 0 Å². The maximum Gasteiger partial charge on any atom is 0.0547 e. The maximum absolute atomic E-state index is 2.54. The number of hydrogen-bond acceptors (Lipinski definition) is 1. The van der Waals surface area contributed by atoms with Crippen molar-refractivity contribution in [3.05, 3.63) is 229 Å². The van der Waals surface area contributed by atoms with Gasteiger partial charge in [-0.05, 0) is 190 Å². The molecule has 0 atom stereocenters. The quantitative estimate of drug-likeness (QED) is 0.145. The molecule has 1 heterocycles. The summed E-state index contributed by atoms with van der Waals surface area (Å²) in [7, 11) is 0. The van der Waals surface area contributed by atoms with E-state index in [2.05, 4.69) is 256 Å². The smallest absolute Gasteiger partial charge is 0.0547 e. The van der Waals surface area contributed by atoms with Crippen molar-refractivity contribution in [2.24, 2.45) is 0 Å². The number of aromatic nitrogens is 1. The fraction of sp³-hybridized carbons (Fsp3) is 0.101. The Morgan fingerprint density at radius 3 is 1.61 bits per heavy atom. The molecule has 0 N–H and O–H groups in total. The van der Waals surface area contributed by atoms with E-state index in [4.69, 9.17) is 0 Å². The summed E-state index contributed by atoms with van der Waals surface area (Å²) < 4.78 is 2.48. The Balaban J connectivity index is 1.07. The summed E-state index contributed by atoms with van der Waals surface area (Å²) in [4.78, 5) is 2.49. The molecule has 2 heteroatoms. The Morgan fingerprint density at radius 1 is 0.352 bits per heavy atom. The van der Waals surface area contributed by atoms with Gasteiger partial charge in [0.25, 0.3) is 0 Å². The highest BCUT2D eigenvalue weighted by molar-refractivity contribution is 6.31. The highest BCUT2D eigenvalue weighted by Crippen LogP contribution is 2.50. The number of para-hydroxylation sites is 1. The zero-order chi connectivity index (χ0) is 47.6. The molecule has 71 heavy (non-hydrogen) atoms. The van der Waals surface area contributed by atoms with Crippen LogP contribution in [0.25, 0.3) is 114 Å². The minimum absolute atomic E-state index is 0.307. The van der Waals surface area contributed by atoms with Crippen LogP contribution in [0.3, 0.4) is 0 Å². The predicted octanol–water partition coefficient (Wildman–Crippen LogP) is 20.0. The van der Waals surface area contributed by atoms with E-state index in [1.54, 1.807) is 0 Å².